The molecule has 3 aromatic rings. The maximum absolute atomic E-state index is 12.7. The van der Waals surface area contributed by atoms with Gasteiger partial charge in [0.25, 0.3) is 5.91 Å². The highest BCUT2D eigenvalue weighted by Crippen LogP contribution is 2.36. The molecule has 0 atom stereocenters. The van der Waals surface area contributed by atoms with E-state index in [-0.39, 0.29) is 30.7 Å². The minimum atomic E-state index is -0.303. The summed E-state index contributed by atoms with van der Waals surface area (Å²) in [7, 11) is 0. The fourth-order valence-electron chi connectivity index (χ4n) is 2.84. The summed E-state index contributed by atoms with van der Waals surface area (Å²) in [5.41, 5.74) is 0.178. The molecule has 0 unspecified atom stereocenters. The number of halogens is 2. The lowest BCUT2D eigenvalue weighted by molar-refractivity contribution is 0.0952. The first-order valence-corrected chi connectivity index (χ1v) is 9.68. The van der Waals surface area contributed by atoms with Gasteiger partial charge in [-0.05, 0) is 43.2 Å². The van der Waals surface area contributed by atoms with Crippen LogP contribution in [0.15, 0.2) is 50.3 Å². The molecule has 2 heterocycles. The van der Waals surface area contributed by atoms with E-state index in [2.05, 4.69) is 26.3 Å². The highest BCUT2D eigenvalue weighted by Gasteiger charge is 2.31. The van der Waals surface area contributed by atoms with Gasteiger partial charge < -0.3 is 9.73 Å². The molecule has 1 N–H and O–H groups in total. The van der Waals surface area contributed by atoms with Crippen molar-refractivity contribution < 1.29 is 9.21 Å². The van der Waals surface area contributed by atoms with Crippen LogP contribution < -0.4 is 11.0 Å². The number of amides is 1. The Balaban J connectivity index is 1.49. The van der Waals surface area contributed by atoms with Crippen LogP contribution >= 0.6 is 27.5 Å². The Morgan fingerprint density at radius 1 is 1.37 bits per heavy atom. The molecule has 1 amide bonds. The second kappa shape index (κ2) is 7.36. The molecule has 0 spiro atoms. The van der Waals surface area contributed by atoms with Gasteiger partial charge in [-0.3, -0.25) is 9.36 Å². The molecule has 2 aromatic heterocycles. The van der Waals surface area contributed by atoms with Crippen LogP contribution in [0.5, 0.6) is 0 Å². The van der Waals surface area contributed by atoms with Crippen molar-refractivity contribution in [1.82, 2.24) is 19.7 Å². The van der Waals surface area contributed by atoms with Crippen molar-refractivity contribution in [3.63, 3.8) is 0 Å². The SMILES string of the molecule is O=C(NCCn1nc(-c2ccco2)n(C2CC2)c1=O)c1cc(Br)ccc1Cl. The van der Waals surface area contributed by atoms with Gasteiger partial charge in [0.05, 0.1) is 23.4 Å². The Morgan fingerprint density at radius 3 is 2.89 bits per heavy atom. The Kier molecular flexibility index (Phi) is 4.92. The molecular weight excluding hydrogens is 436 g/mol. The Labute approximate surface area is 168 Å². The van der Waals surface area contributed by atoms with E-state index >= 15 is 0 Å². The number of nitrogens with zero attached hydrogens (tertiary/aromatic N) is 3. The summed E-state index contributed by atoms with van der Waals surface area (Å²) < 4.78 is 9.20. The largest absolute Gasteiger partial charge is 0.461 e. The number of carbonyl (C=O) groups is 1. The molecule has 1 saturated carbocycles. The molecular formula is C18H16BrClN4O3. The summed E-state index contributed by atoms with van der Waals surface area (Å²) in [5, 5.41) is 7.54. The monoisotopic (exact) mass is 450 g/mol. The highest BCUT2D eigenvalue weighted by molar-refractivity contribution is 9.10. The average Bonchev–Trinajstić information content (AvgIpc) is 3.22. The number of carbonyl (C=O) groups excluding carboxylic acids is 1. The summed E-state index contributed by atoms with van der Waals surface area (Å²) in [4.78, 5) is 25.0. The number of hydrogen-bond donors (Lipinski definition) is 1. The van der Waals surface area contributed by atoms with E-state index in [0.29, 0.717) is 22.2 Å². The Morgan fingerprint density at radius 2 is 2.19 bits per heavy atom. The van der Waals surface area contributed by atoms with E-state index in [1.54, 1.807) is 41.2 Å². The second-order valence-electron chi connectivity index (χ2n) is 6.29. The third kappa shape index (κ3) is 3.72. The number of nitrogens with one attached hydrogen (secondary N) is 1. The van der Waals surface area contributed by atoms with Crippen LogP contribution in [0.1, 0.15) is 29.2 Å². The molecule has 1 aliphatic carbocycles. The van der Waals surface area contributed by atoms with Gasteiger partial charge in [-0.2, -0.15) is 0 Å². The molecule has 140 valence electrons. The lowest BCUT2D eigenvalue weighted by atomic mass is 10.2. The molecule has 9 heteroatoms. The topological polar surface area (TPSA) is 82.1 Å². The van der Waals surface area contributed by atoms with Crippen molar-refractivity contribution >= 4 is 33.4 Å². The third-order valence-electron chi connectivity index (χ3n) is 4.31. The van der Waals surface area contributed by atoms with Gasteiger partial charge in [-0.25, -0.2) is 9.48 Å². The molecule has 0 aliphatic heterocycles. The molecule has 27 heavy (non-hydrogen) atoms. The minimum absolute atomic E-state index is 0.168. The van der Waals surface area contributed by atoms with E-state index in [4.69, 9.17) is 16.0 Å². The zero-order chi connectivity index (χ0) is 19.0. The summed E-state index contributed by atoms with van der Waals surface area (Å²) in [5.74, 6) is 0.777. The van der Waals surface area contributed by atoms with Gasteiger partial charge in [-0.15, -0.1) is 5.10 Å². The molecule has 1 aromatic carbocycles. The average molecular weight is 452 g/mol. The van der Waals surface area contributed by atoms with Gasteiger partial charge in [0.2, 0.25) is 5.82 Å². The van der Waals surface area contributed by atoms with Crippen LogP contribution in [0.4, 0.5) is 0 Å². The molecule has 0 saturated heterocycles. The van der Waals surface area contributed by atoms with Gasteiger partial charge in [0.15, 0.2) is 5.76 Å². The van der Waals surface area contributed by atoms with E-state index in [9.17, 15) is 9.59 Å². The molecule has 7 nitrogen and oxygen atoms in total. The van der Waals surface area contributed by atoms with Crippen molar-refractivity contribution in [3.8, 4) is 11.6 Å². The fraction of sp³-hybridized carbons (Fsp3) is 0.278. The Hall–Kier alpha value is -2.32. The van der Waals surface area contributed by atoms with Crippen molar-refractivity contribution in [2.24, 2.45) is 0 Å². The maximum Gasteiger partial charge on any atom is 0.346 e. The van der Waals surface area contributed by atoms with Crippen LogP contribution in [-0.4, -0.2) is 26.8 Å². The molecule has 0 bridgehead atoms. The van der Waals surface area contributed by atoms with E-state index < -0.39 is 0 Å². The van der Waals surface area contributed by atoms with Crippen LogP contribution in [0, 0.1) is 0 Å². The van der Waals surface area contributed by atoms with E-state index in [1.807, 2.05) is 0 Å². The molecule has 1 aliphatic rings. The predicted molar refractivity (Wildman–Crippen MR) is 104 cm³/mol. The number of hydrogen-bond acceptors (Lipinski definition) is 4. The predicted octanol–water partition coefficient (Wildman–Crippen LogP) is 3.49. The standard InChI is InChI=1S/C18H16BrClN4O3/c19-11-3-6-14(20)13(10-11)17(25)21-7-8-23-18(26)24(12-4-5-12)16(22-23)15-2-1-9-27-15/h1-3,6,9-10,12H,4-5,7-8H2,(H,21,25). The minimum Gasteiger partial charge on any atom is -0.461 e. The first-order valence-electron chi connectivity index (χ1n) is 8.51. The molecule has 1 fully saturated rings. The summed E-state index contributed by atoms with van der Waals surface area (Å²) in [6, 6.07) is 8.78. The van der Waals surface area contributed by atoms with Crippen LogP contribution in [-0.2, 0) is 6.54 Å². The number of benzene rings is 1. The number of rotatable bonds is 6. The normalized spacial score (nSPS) is 13.7. The summed E-state index contributed by atoms with van der Waals surface area (Å²) in [6.07, 6.45) is 3.47. The maximum atomic E-state index is 12.7. The van der Waals surface area contributed by atoms with Gasteiger partial charge in [0, 0.05) is 17.1 Å². The van der Waals surface area contributed by atoms with Crippen LogP contribution in [0.3, 0.4) is 0 Å². The zero-order valence-electron chi connectivity index (χ0n) is 14.2. The number of aromatic nitrogens is 3. The lowest BCUT2D eigenvalue weighted by Gasteiger charge is -2.07. The first-order chi connectivity index (χ1) is 13.0. The fourth-order valence-corrected chi connectivity index (χ4v) is 3.41. The lowest BCUT2D eigenvalue weighted by Crippen LogP contribution is -2.32. The Bertz CT molecular complexity index is 1040. The van der Waals surface area contributed by atoms with Crippen molar-refractivity contribution in [1.29, 1.82) is 0 Å². The molecule has 4 rings (SSSR count). The van der Waals surface area contributed by atoms with Crippen molar-refractivity contribution in [2.75, 3.05) is 6.54 Å². The highest BCUT2D eigenvalue weighted by atomic mass is 79.9. The van der Waals surface area contributed by atoms with E-state index in [0.717, 1.165) is 17.3 Å². The van der Waals surface area contributed by atoms with Crippen LogP contribution in [0.25, 0.3) is 11.6 Å². The second-order valence-corrected chi connectivity index (χ2v) is 7.61. The van der Waals surface area contributed by atoms with Gasteiger partial charge in [-0.1, -0.05) is 27.5 Å². The zero-order valence-corrected chi connectivity index (χ0v) is 16.5. The molecule has 0 radical (unpaired) electrons. The summed E-state index contributed by atoms with van der Waals surface area (Å²) >= 11 is 9.39. The van der Waals surface area contributed by atoms with E-state index in [1.165, 1.54) is 4.68 Å². The van der Waals surface area contributed by atoms with Gasteiger partial charge in [0.1, 0.15) is 0 Å². The summed E-state index contributed by atoms with van der Waals surface area (Å²) in [6.45, 7) is 0.504. The third-order valence-corrected chi connectivity index (χ3v) is 5.13. The smallest absolute Gasteiger partial charge is 0.346 e. The first kappa shape index (κ1) is 18.1. The van der Waals surface area contributed by atoms with Crippen molar-refractivity contribution in [3.05, 3.63) is 62.1 Å². The number of furan rings is 1. The van der Waals surface area contributed by atoms with Crippen molar-refractivity contribution in [2.45, 2.75) is 25.4 Å². The van der Waals surface area contributed by atoms with Gasteiger partial charge >= 0.3 is 5.69 Å². The van der Waals surface area contributed by atoms with Crippen LogP contribution in [0.2, 0.25) is 5.02 Å². The quantitative estimate of drug-likeness (QED) is 0.622.